The molecule has 3 nitrogen and oxygen atoms in total. The van der Waals surface area contributed by atoms with Gasteiger partial charge in [-0.15, -0.1) is 0 Å². The van der Waals surface area contributed by atoms with Gasteiger partial charge in [-0.3, -0.25) is 5.32 Å². The molecule has 0 unspecified atom stereocenters. The Hall–Kier alpha value is -1.74. The summed E-state index contributed by atoms with van der Waals surface area (Å²) in [7, 11) is 0. The van der Waals surface area contributed by atoms with Crippen LogP contribution in [0, 0.1) is 0 Å². The number of rotatable bonds is 5. The summed E-state index contributed by atoms with van der Waals surface area (Å²) in [4.78, 5) is 0. The monoisotopic (exact) mass is 216 g/mol. The van der Waals surface area contributed by atoms with Gasteiger partial charge in [0.05, 0.1) is 0 Å². The van der Waals surface area contributed by atoms with Gasteiger partial charge in [-0.1, -0.05) is 6.92 Å². The Labute approximate surface area is 95.7 Å². The summed E-state index contributed by atoms with van der Waals surface area (Å²) in [6.07, 6.45) is 4.04. The standard InChI is InChI=1S/C13H16N2O/c1-2-14-11-16-13-7-5-12(6-8-13)15-9-3-4-10-15/h3-10,14H,2,11H2,1H3. The Morgan fingerprint density at radius 1 is 1.12 bits per heavy atom. The topological polar surface area (TPSA) is 26.2 Å². The summed E-state index contributed by atoms with van der Waals surface area (Å²) in [6.45, 7) is 3.53. The second-order valence-electron chi connectivity index (χ2n) is 3.48. The Balaban J connectivity index is 2.00. The molecule has 0 fully saturated rings. The van der Waals surface area contributed by atoms with Gasteiger partial charge in [-0.2, -0.15) is 0 Å². The first-order chi connectivity index (χ1) is 7.90. The summed E-state index contributed by atoms with van der Waals surface area (Å²) >= 11 is 0. The van der Waals surface area contributed by atoms with Gasteiger partial charge in [0, 0.05) is 18.1 Å². The largest absolute Gasteiger partial charge is 0.478 e. The third-order valence-electron chi connectivity index (χ3n) is 2.33. The Kier molecular flexibility index (Phi) is 3.62. The fourth-order valence-corrected chi connectivity index (χ4v) is 1.46. The van der Waals surface area contributed by atoms with E-state index in [1.165, 1.54) is 0 Å². The molecule has 0 aliphatic carbocycles. The summed E-state index contributed by atoms with van der Waals surface area (Å²) in [5.41, 5.74) is 1.14. The lowest BCUT2D eigenvalue weighted by atomic mass is 10.3. The van der Waals surface area contributed by atoms with Crippen LogP contribution in [0.5, 0.6) is 5.75 Å². The third kappa shape index (κ3) is 2.64. The van der Waals surface area contributed by atoms with E-state index in [4.69, 9.17) is 4.74 Å². The number of hydrogen-bond donors (Lipinski definition) is 1. The van der Waals surface area contributed by atoms with E-state index in [9.17, 15) is 0 Å². The molecule has 1 heterocycles. The molecule has 0 spiro atoms. The average molecular weight is 216 g/mol. The first-order valence-corrected chi connectivity index (χ1v) is 5.47. The van der Waals surface area contributed by atoms with Gasteiger partial charge in [0.15, 0.2) is 0 Å². The van der Waals surface area contributed by atoms with Crippen molar-refractivity contribution in [3.63, 3.8) is 0 Å². The van der Waals surface area contributed by atoms with E-state index in [0.717, 1.165) is 18.0 Å². The maximum atomic E-state index is 5.50. The summed E-state index contributed by atoms with van der Waals surface area (Å²) < 4.78 is 7.56. The van der Waals surface area contributed by atoms with Crippen molar-refractivity contribution in [3.05, 3.63) is 48.8 Å². The minimum absolute atomic E-state index is 0.555. The lowest BCUT2D eigenvalue weighted by Crippen LogP contribution is -2.19. The predicted octanol–water partition coefficient (Wildman–Crippen LogP) is 2.42. The van der Waals surface area contributed by atoms with Crippen LogP contribution in [-0.2, 0) is 0 Å². The van der Waals surface area contributed by atoms with Crippen molar-refractivity contribution >= 4 is 0 Å². The highest BCUT2D eigenvalue weighted by molar-refractivity contribution is 5.37. The van der Waals surface area contributed by atoms with Crippen LogP contribution < -0.4 is 10.1 Å². The number of hydrogen-bond acceptors (Lipinski definition) is 2. The van der Waals surface area contributed by atoms with E-state index in [2.05, 4.69) is 16.8 Å². The molecule has 2 aromatic rings. The van der Waals surface area contributed by atoms with Crippen LogP contribution in [0.4, 0.5) is 0 Å². The van der Waals surface area contributed by atoms with Gasteiger partial charge in [0.25, 0.3) is 0 Å². The number of nitrogens with zero attached hydrogens (tertiary/aromatic N) is 1. The van der Waals surface area contributed by atoms with Crippen molar-refractivity contribution in [2.75, 3.05) is 13.3 Å². The van der Waals surface area contributed by atoms with Crippen molar-refractivity contribution in [2.45, 2.75) is 6.92 Å². The van der Waals surface area contributed by atoms with Gasteiger partial charge in [0.1, 0.15) is 12.5 Å². The number of ether oxygens (including phenoxy) is 1. The SMILES string of the molecule is CCNCOc1ccc(-n2cccc2)cc1. The van der Waals surface area contributed by atoms with E-state index in [1.54, 1.807) is 0 Å². The van der Waals surface area contributed by atoms with Crippen LogP contribution in [0.3, 0.4) is 0 Å². The fourth-order valence-electron chi connectivity index (χ4n) is 1.46. The van der Waals surface area contributed by atoms with Crippen molar-refractivity contribution in [1.82, 2.24) is 9.88 Å². The smallest absolute Gasteiger partial charge is 0.139 e. The van der Waals surface area contributed by atoms with Crippen molar-refractivity contribution in [2.24, 2.45) is 0 Å². The molecule has 1 aromatic heterocycles. The lowest BCUT2D eigenvalue weighted by molar-refractivity contribution is 0.287. The van der Waals surface area contributed by atoms with Crippen LogP contribution in [0.1, 0.15) is 6.92 Å². The quantitative estimate of drug-likeness (QED) is 0.613. The summed E-state index contributed by atoms with van der Waals surface area (Å²) in [5, 5.41) is 3.11. The molecule has 0 aliphatic heterocycles. The third-order valence-corrected chi connectivity index (χ3v) is 2.33. The molecule has 0 aliphatic rings. The zero-order valence-electron chi connectivity index (χ0n) is 9.39. The molecule has 2 rings (SSSR count). The van der Waals surface area contributed by atoms with Crippen molar-refractivity contribution in [1.29, 1.82) is 0 Å². The summed E-state index contributed by atoms with van der Waals surface area (Å²) in [5.74, 6) is 0.886. The second-order valence-corrected chi connectivity index (χ2v) is 3.48. The normalized spacial score (nSPS) is 10.3. The molecule has 84 valence electrons. The molecule has 0 radical (unpaired) electrons. The van der Waals surface area contributed by atoms with E-state index >= 15 is 0 Å². The molecule has 0 bridgehead atoms. The maximum absolute atomic E-state index is 5.50. The Bertz CT molecular complexity index is 406. The van der Waals surface area contributed by atoms with Gasteiger partial charge in [-0.25, -0.2) is 0 Å². The van der Waals surface area contributed by atoms with E-state index < -0.39 is 0 Å². The van der Waals surface area contributed by atoms with Crippen molar-refractivity contribution in [3.8, 4) is 11.4 Å². The average Bonchev–Trinajstić information content (AvgIpc) is 2.84. The van der Waals surface area contributed by atoms with Crippen LogP contribution in [0.15, 0.2) is 48.8 Å². The zero-order chi connectivity index (χ0) is 11.2. The van der Waals surface area contributed by atoms with Crippen LogP contribution in [0.2, 0.25) is 0 Å². The number of aromatic nitrogens is 1. The van der Waals surface area contributed by atoms with Gasteiger partial charge in [-0.05, 0) is 42.9 Å². The predicted molar refractivity (Wildman–Crippen MR) is 64.9 cm³/mol. The lowest BCUT2D eigenvalue weighted by Gasteiger charge is -2.07. The van der Waals surface area contributed by atoms with Gasteiger partial charge < -0.3 is 9.30 Å². The molecule has 1 N–H and O–H groups in total. The van der Waals surface area contributed by atoms with Gasteiger partial charge >= 0.3 is 0 Å². The molecular weight excluding hydrogens is 200 g/mol. The van der Waals surface area contributed by atoms with Crippen molar-refractivity contribution < 1.29 is 4.74 Å². The van der Waals surface area contributed by atoms with Gasteiger partial charge in [0.2, 0.25) is 0 Å². The second kappa shape index (κ2) is 5.37. The van der Waals surface area contributed by atoms with Crippen LogP contribution >= 0.6 is 0 Å². The first kappa shape index (κ1) is 10.8. The Morgan fingerprint density at radius 2 is 1.81 bits per heavy atom. The highest BCUT2D eigenvalue weighted by Crippen LogP contribution is 2.14. The highest BCUT2D eigenvalue weighted by Gasteiger charge is 1.96. The van der Waals surface area contributed by atoms with E-state index in [-0.39, 0.29) is 0 Å². The summed E-state index contributed by atoms with van der Waals surface area (Å²) in [6, 6.07) is 12.1. The minimum atomic E-state index is 0.555. The molecule has 0 amide bonds. The van der Waals surface area contributed by atoms with E-state index in [1.807, 2.05) is 48.8 Å². The number of benzene rings is 1. The molecule has 16 heavy (non-hydrogen) atoms. The maximum Gasteiger partial charge on any atom is 0.139 e. The molecule has 0 atom stereocenters. The van der Waals surface area contributed by atoms with Crippen LogP contribution in [0.25, 0.3) is 5.69 Å². The molecule has 1 aromatic carbocycles. The first-order valence-electron chi connectivity index (χ1n) is 5.47. The molecule has 0 saturated carbocycles. The molecular formula is C13H16N2O. The van der Waals surface area contributed by atoms with Crippen LogP contribution in [-0.4, -0.2) is 17.8 Å². The zero-order valence-corrected chi connectivity index (χ0v) is 9.39. The molecule has 0 saturated heterocycles. The highest BCUT2D eigenvalue weighted by atomic mass is 16.5. The Morgan fingerprint density at radius 3 is 2.44 bits per heavy atom. The minimum Gasteiger partial charge on any atom is -0.478 e. The molecule has 3 heteroatoms. The number of nitrogens with one attached hydrogen (secondary N) is 1. The van der Waals surface area contributed by atoms with E-state index in [0.29, 0.717) is 6.73 Å². The fraction of sp³-hybridized carbons (Fsp3) is 0.231.